The van der Waals surface area contributed by atoms with Gasteiger partial charge in [-0.25, -0.2) is 14.2 Å². The summed E-state index contributed by atoms with van der Waals surface area (Å²) in [4.78, 5) is 21.2. The van der Waals surface area contributed by atoms with Crippen molar-refractivity contribution >= 4 is 66.3 Å². The van der Waals surface area contributed by atoms with Gasteiger partial charge in [0.05, 0.1) is 44.7 Å². The summed E-state index contributed by atoms with van der Waals surface area (Å²) < 4.78 is 29.9. The number of hydrogen-bond acceptors (Lipinski definition) is 9. The third-order valence-corrected chi connectivity index (χ3v) is 8.93. The zero-order valence-corrected chi connectivity index (χ0v) is 23.5. The summed E-state index contributed by atoms with van der Waals surface area (Å²) in [6, 6.07) is 11.1. The highest BCUT2D eigenvalue weighted by molar-refractivity contribution is 14.1. The van der Waals surface area contributed by atoms with Crippen molar-refractivity contribution in [1.29, 1.82) is 5.26 Å². The standard InChI is InChI=1S/C25H27IN6O4S/c1-3-35-22-13-18(32-37(34)9-4-10-37)12-20-23(22)24(30-15-29-20)31-19-6-5-17(14-26)11-21(19)36-16(2)25(33)28-8-7-27/h5-6,11-13,15-16H,3-4,8-10,14H2,1-2H3,(H,28,33)(H,29,30,31)/t16-/m1/s1. The Balaban J connectivity index is 1.73. The molecule has 1 amide bonds. The maximum atomic E-state index is 12.7. The number of fused-ring (bicyclic) bond motifs is 1. The van der Waals surface area contributed by atoms with Crippen molar-refractivity contribution in [1.82, 2.24) is 15.3 Å². The number of alkyl halides is 1. The average Bonchev–Trinajstić information content (AvgIpc) is 2.87. The quantitative estimate of drug-likeness (QED) is 0.187. The van der Waals surface area contributed by atoms with Crippen molar-refractivity contribution in [2.24, 2.45) is 4.36 Å². The van der Waals surface area contributed by atoms with Crippen molar-refractivity contribution < 1.29 is 18.5 Å². The Labute approximate surface area is 229 Å². The molecule has 2 aromatic carbocycles. The van der Waals surface area contributed by atoms with E-state index in [0.29, 0.717) is 57.7 Å². The minimum absolute atomic E-state index is 0.0954. The molecule has 1 fully saturated rings. The number of nitrogens with one attached hydrogen (secondary N) is 2. The molecule has 0 spiro atoms. The Hall–Kier alpha value is -3.18. The molecule has 12 heteroatoms. The van der Waals surface area contributed by atoms with Gasteiger partial charge in [0.2, 0.25) is 0 Å². The van der Waals surface area contributed by atoms with E-state index in [1.165, 1.54) is 6.33 Å². The van der Waals surface area contributed by atoms with Crippen LogP contribution < -0.4 is 20.1 Å². The Morgan fingerprint density at radius 3 is 2.76 bits per heavy atom. The first-order valence-electron chi connectivity index (χ1n) is 11.8. The second-order valence-electron chi connectivity index (χ2n) is 8.34. The van der Waals surface area contributed by atoms with E-state index < -0.39 is 15.8 Å². The van der Waals surface area contributed by atoms with Crippen molar-refractivity contribution in [2.75, 3.05) is 30.0 Å². The van der Waals surface area contributed by atoms with Gasteiger partial charge in [-0.1, -0.05) is 28.7 Å². The van der Waals surface area contributed by atoms with Crippen molar-refractivity contribution in [3.05, 3.63) is 42.2 Å². The van der Waals surface area contributed by atoms with Crippen LogP contribution in [0.3, 0.4) is 0 Å². The van der Waals surface area contributed by atoms with Crippen molar-refractivity contribution in [3.63, 3.8) is 0 Å². The molecule has 4 rings (SSSR count). The number of ether oxygens (including phenoxy) is 2. The van der Waals surface area contributed by atoms with E-state index in [2.05, 4.69) is 47.6 Å². The topological polar surface area (TPSA) is 139 Å². The molecule has 3 aromatic rings. The number of nitriles is 1. The van der Waals surface area contributed by atoms with Crippen LogP contribution in [0.5, 0.6) is 11.5 Å². The van der Waals surface area contributed by atoms with Gasteiger partial charge in [0, 0.05) is 22.0 Å². The second-order valence-corrected chi connectivity index (χ2v) is 11.7. The lowest BCUT2D eigenvalue weighted by atomic mass is 10.1. The number of benzene rings is 2. The third-order valence-electron chi connectivity index (χ3n) is 5.65. The van der Waals surface area contributed by atoms with Gasteiger partial charge in [0.15, 0.2) is 6.10 Å². The summed E-state index contributed by atoms with van der Waals surface area (Å²) in [6.45, 7) is 3.82. The molecule has 2 heterocycles. The van der Waals surface area contributed by atoms with Crippen LogP contribution in [-0.2, 0) is 19.0 Å². The van der Waals surface area contributed by atoms with Crippen LogP contribution in [0.15, 0.2) is 41.0 Å². The highest BCUT2D eigenvalue weighted by Crippen LogP contribution is 2.38. The predicted molar refractivity (Wildman–Crippen MR) is 151 cm³/mol. The molecular weight excluding hydrogens is 607 g/mol. The van der Waals surface area contributed by atoms with E-state index in [4.69, 9.17) is 14.7 Å². The van der Waals surface area contributed by atoms with Crippen LogP contribution in [0.2, 0.25) is 0 Å². The number of rotatable bonds is 10. The summed E-state index contributed by atoms with van der Waals surface area (Å²) in [5.41, 5.74) is 2.78. The van der Waals surface area contributed by atoms with E-state index in [-0.39, 0.29) is 12.5 Å². The molecule has 194 valence electrons. The molecule has 1 aromatic heterocycles. The lowest BCUT2D eigenvalue weighted by molar-refractivity contribution is -0.126. The van der Waals surface area contributed by atoms with Crippen LogP contribution in [0.4, 0.5) is 17.2 Å². The van der Waals surface area contributed by atoms with Gasteiger partial charge in [-0.05, 0) is 44.0 Å². The van der Waals surface area contributed by atoms with E-state index in [9.17, 15) is 9.00 Å². The minimum atomic E-state index is -2.20. The number of hydrogen-bond donors (Lipinski definition) is 2. The van der Waals surface area contributed by atoms with Gasteiger partial charge in [-0.2, -0.15) is 9.62 Å². The molecule has 2 N–H and O–H groups in total. The Morgan fingerprint density at radius 2 is 2.08 bits per heavy atom. The summed E-state index contributed by atoms with van der Waals surface area (Å²) in [7, 11) is -2.20. The molecule has 0 bridgehead atoms. The number of anilines is 2. The van der Waals surface area contributed by atoms with Crippen LogP contribution in [0, 0.1) is 11.3 Å². The van der Waals surface area contributed by atoms with Gasteiger partial charge in [0.1, 0.15) is 30.2 Å². The number of amides is 1. The molecule has 37 heavy (non-hydrogen) atoms. The van der Waals surface area contributed by atoms with E-state index in [1.54, 1.807) is 19.1 Å². The Morgan fingerprint density at radius 1 is 1.27 bits per heavy atom. The lowest BCUT2D eigenvalue weighted by Gasteiger charge is -2.20. The monoisotopic (exact) mass is 634 g/mol. The minimum Gasteiger partial charge on any atom is -0.493 e. The van der Waals surface area contributed by atoms with Gasteiger partial charge >= 0.3 is 0 Å². The van der Waals surface area contributed by atoms with Crippen molar-refractivity contribution in [3.8, 4) is 17.6 Å². The third kappa shape index (κ3) is 6.40. The lowest BCUT2D eigenvalue weighted by Crippen LogP contribution is -2.36. The molecule has 0 unspecified atom stereocenters. The first kappa shape index (κ1) is 26.9. The van der Waals surface area contributed by atoms with Gasteiger partial charge < -0.3 is 20.1 Å². The molecule has 1 aliphatic rings. The number of nitrogens with zero attached hydrogens (tertiary/aromatic N) is 4. The molecule has 0 radical (unpaired) electrons. The number of carbonyl (C=O) groups is 1. The maximum absolute atomic E-state index is 12.7. The molecule has 10 nitrogen and oxygen atoms in total. The molecular formula is C25H27IN6O4S. The summed E-state index contributed by atoms with van der Waals surface area (Å²) in [5.74, 6) is 2.30. The molecule has 0 saturated carbocycles. The first-order chi connectivity index (χ1) is 17.9. The SMILES string of the molecule is CCOc1cc(N=S2(=O)CCC2)cc2ncnc(Nc3ccc(CI)cc3O[C@H](C)C(=O)NCC#N)c12. The largest absolute Gasteiger partial charge is 0.493 e. The smallest absolute Gasteiger partial charge is 0.261 e. The van der Waals surface area contributed by atoms with Crippen LogP contribution >= 0.6 is 22.6 Å². The predicted octanol–water partition coefficient (Wildman–Crippen LogP) is 4.62. The fourth-order valence-electron chi connectivity index (χ4n) is 3.72. The van der Waals surface area contributed by atoms with Gasteiger partial charge in [-0.15, -0.1) is 0 Å². The molecule has 1 saturated heterocycles. The zero-order valence-electron chi connectivity index (χ0n) is 20.5. The summed E-state index contributed by atoms with van der Waals surface area (Å²) in [6.07, 6.45) is 1.53. The van der Waals surface area contributed by atoms with Crippen molar-refractivity contribution in [2.45, 2.75) is 30.8 Å². The maximum Gasteiger partial charge on any atom is 0.261 e. The normalized spacial score (nSPS) is 14.6. The fourth-order valence-corrected chi connectivity index (χ4v) is 5.65. The van der Waals surface area contributed by atoms with E-state index in [1.807, 2.05) is 31.2 Å². The second kappa shape index (κ2) is 11.9. The molecule has 1 atom stereocenters. The summed E-state index contributed by atoms with van der Waals surface area (Å²) in [5, 5.41) is 15.2. The Kier molecular flexibility index (Phi) is 8.65. The number of halogens is 1. The van der Waals surface area contributed by atoms with Crippen LogP contribution in [-0.4, -0.2) is 50.8 Å². The fraction of sp³-hybridized carbons (Fsp3) is 0.360. The summed E-state index contributed by atoms with van der Waals surface area (Å²) >= 11 is 2.26. The number of carbonyl (C=O) groups excluding carboxylic acids is 1. The number of aromatic nitrogens is 2. The molecule has 1 aliphatic heterocycles. The van der Waals surface area contributed by atoms with E-state index >= 15 is 0 Å². The van der Waals surface area contributed by atoms with Gasteiger partial charge in [-0.3, -0.25) is 4.79 Å². The highest BCUT2D eigenvalue weighted by atomic mass is 127. The Bertz CT molecular complexity index is 1470. The first-order valence-corrected chi connectivity index (χ1v) is 15.1. The average molecular weight is 634 g/mol. The highest BCUT2D eigenvalue weighted by Gasteiger charge is 2.21. The zero-order chi connectivity index (χ0) is 26.4. The van der Waals surface area contributed by atoms with Crippen LogP contribution in [0.1, 0.15) is 25.8 Å². The van der Waals surface area contributed by atoms with Gasteiger partial charge in [0.25, 0.3) is 5.91 Å². The van der Waals surface area contributed by atoms with E-state index in [0.717, 1.165) is 16.4 Å². The van der Waals surface area contributed by atoms with Crippen LogP contribution in [0.25, 0.3) is 10.9 Å². The molecule has 0 aliphatic carbocycles.